The van der Waals surface area contributed by atoms with Crippen LogP contribution in [0.5, 0.6) is 0 Å². The molecule has 114 valence electrons. The van der Waals surface area contributed by atoms with E-state index in [-0.39, 0.29) is 6.61 Å². The third-order valence-electron chi connectivity index (χ3n) is 3.75. The Labute approximate surface area is 128 Å². The molecular formula is C15H21N3O2S. The van der Waals surface area contributed by atoms with Crippen molar-refractivity contribution in [2.75, 3.05) is 19.7 Å². The largest absolute Gasteiger partial charge is 0.396 e. The fraction of sp³-hybridized carbons (Fsp3) is 0.600. The molecule has 0 unspecified atom stereocenters. The van der Waals surface area contributed by atoms with E-state index in [4.69, 9.17) is 9.63 Å². The van der Waals surface area contributed by atoms with Gasteiger partial charge in [0.25, 0.3) is 5.89 Å². The van der Waals surface area contributed by atoms with E-state index in [1.807, 2.05) is 6.07 Å². The Kier molecular flexibility index (Phi) is 5.00. The van der Waals surface area contributed by atoms with Crippen molar-refractivity contribution < 1.29 is 9.63 Å². The molecule has 1 N–H and O–H groups in total. The van der Waals surface area contributed by atoms with E-state index in [0.717, 1.165) is 11.4 Å². The van der Waals surface area contributed by atoms with Crippen molar-refractivity contribution in [3.63, 3.8) is 0 Å². The summed E-state index contributed by atoms with van der Waals surface area (Å²) in [5.74, 6) is 1.13. The van der Waals surface area contributed by atoms with Gasteiger partial charge in [-0.15, -0.1) is 11.3 Å². The molecule has 1 saturated heterocycles. The summed E-state index contributed by atoms with van der Waals surface area (Å²) >= 11 is 1.72. The monoisotopic (exact) mass is 307 g/mol. The zero-order valence-corrected chi connectivity index (χ0v) is 12.9. The lowest BCUT2D eigenvalue weighted by molar-refractivity contribution is 0.279. The average Bonchev–Trinajstić information content (AvgIpc) is 3.05. The summed E-state index contributed by atoms with van der Waals surface area (Å²) in [6.07, 6.45) is 5.79. The van der Waals surface area contributed by atoms with Crippen molar-refractivity contribution in [2.24, 2.45) is 0 Å². The summed E-state index contributed by atoms with van der Waals surface area (Å²) in [5, 5.41) is 12.8. The Bertz CT molecular complexity index is 559. The fourth-order valence-corrected chi connectivity index (χ4v) is 3.62. The highest BCUT2D eigenvalue weighted by Crippen LogP contribution is 2.28. The molecule has 0 spiro atoms. The van der Waals surface area contributed by atoms with E-state index in [0.29, 0.717) is 18.1 Å². The smallest absolute Gasteiger partial charge is 0.267 e. The van der Waals surface area contributed by atoms with Crippen LogP contribution in [-0.2, 0) is 13.0 Å². The van der Waals surface area contributed by atoms with Crippen LogP contribution in [0.2, 0.25) is 0 Å². The highest BCUT2D eigenvalue weighted by molar-refractivity contribution is 7.15. The van der Waals surface area contributed by atoms with Crippen LogP contribution in [0.4, 0.5) is 0 Å². The van der Waals surface area contributed by atoms with Gasteiger partial charge in [0.2, 0.25) is 0 Å². The maximum absolute atomic E-state index is 8.88. The van der Waals surface area contributed by atoms with Crippen LogP contribution in [0, 0.1) is 0 Å². The lowest BCUT2D eigenvalue weighted by Crippen LogP contribution is -2.23. The van der Waals surface area contributed by atoms with Crippen molar-refractivity contribution >= 4 is 11.3 Å². The molecule has 0 bridgehead atoms. The first-order valence-corrected chi connectivity index (χ1v) is 8.41. The van der Waals surface area contributed by atoms with Crippen LogP contribution in [0.25, 0.3) is 10.8 Å². The average molecular weight is 307 g/mol. The van der Waals surface area contributed by atoms with Crippen LogP contribution >= 0.6 is 11.3 Å². The molecule has 2 aromatic heterocycles. The molecule has 3 rings (SSSR count). The van der Waals surface area contributed by atoms with E-state index in [2.05, 4.69) is 21.1 Å². The molecule has 0 radical (unpaired) electrons. The van der Waals surface area contributed by atoms with Crippen LogP contribution in [0.3, 0.4) is 0 Å². The summed E-state index contributed by atoms with van der Waals surface area (Å²) < 4.78 is 5.25. The first kappa shape index (κ1) is 14.7. The predicted molar refractivity (Wildman–Crippen MR) is 82.1 cm³/mol. The number of aliphatic hydroxyl groups is 1. The summed E-state index contributed by atoms with van der Waals surface area (Å²) in [4.78, 5) is 9.19. The zero-order valence-electron chi connectivity index (χ0n) is 12.1. The van der Waals surface area contributed by atoms with Gasteiger partial charge in [0.05, 0.1) is 11.5 Å². The van der Waals surface area contributed by atoms with E-state index in [1.54, 1.807) is 11.3 Å². The Morgan fingerprint density at radius 2 is 2.00 bits per heavy atom. The van der Waals surface area contributed by atoms with Gasteiger partial charge in [-0.3, -0.25) is 4.90 Å². The third kappa shape index (κ3) is 3.90. The van der Waals surface area contributed by atoms with Gasteiger partial charge in [-0.05, 0) is 38.1 Å². The van der Waals surface area contributed by atoms with Crippen LogP contribution in [-0.4, -0.2) is 39.8 Å². The van der Waals surface area contributed by atoms with Gasteiger partial charge in [0.15, 0.2) is 5.82 Å². The van der Waals surface area contributed by atoms with Gasteiger partial charge in [0.1, 0.15) is 0 Å². The van der Waals surface area contributed by atoms with Crippen LogP contribution in [0.1, 0.15) is 36.4 Å². The second-order valence-corrected chi connectivity index (χ2v) is 6.61. The van der Waals surface area contributed by atoms with Crippen molar-refractivity contribution in [2.45, 2.75) is 38.6 Å². The zero-order chi connectivity index (χ0) is 14.5. The molecule has 1 fully saturated rings. The van der Waals surface area contributed by atoms with Crippen molar-refractivity contribution in [3.8, 4) is 10.8 Å². The van der Waals surface area contributed by atoms with E-state index >= 15 is 0 Å². The molecule has 21 heavy (non-hydrogen) atoms. The van der Waals surface area contributed by atoms with Crippen molar-refractivity contribution in [1.29, 1.82) is 0 Å². The highest BCUT2D eigenvalue weighted by atomic mass is 32.1. The number of likely N-dealkylation sites (tertiary alicyclic amines) is 1. The van der Waals surface area contributed by atoms with Gasteiger partial charge in [0, 0.05) is 17.8 Å². The summed E-state index contributed by atoms with van der Waals surface area (Å²) in [6.45, 7) is 3.47. The SMILES string of the molecule is OCCc1noc(-c2ccc(CN3CCCCCC3)s2)n1. The minimum Gasteiger partial charge on any atom is -0.396 e. The standard InChI is InChI=1S/C15H21N3O2S/c19-10-7-14-16-15(20-17-14)13-6-5-12(21-13)11-18-8-3-1-2-4-9-18/h5-6,19H,1-4,7-11H2. The van der Waals surface area contributed by atoms with Crippen molar-refractivity contribution in [3.05, 3.63) is 22.8 Å². The first-order valence-electron chi connectivity index (χ1n) is 7.60. The second kappa shape index (κ2) is 7.15. The van der Waals surface area contributed by atoms with E-state index in [1.165, 1.54) is 43.6 Å². The lowest BCUT2D eigenvalue weighted by atomic mass is 10.2. The van der Waals surface area contributed by atoms with E-state index < -0.39 is 0 Å². The number of hydrogen-bond acceptors (Lipinski definition) is 6. The lowest BCUT2D eigenvalue weighted by Gasteiger charge is -2.18. The Balaban J connectivity index is 1.64. The fourth-order valence-electron chi connectivity index (χ4n) is 2.65. The number of thiophene rings is 1. The molecule has 5 nitrogen and oxygen atoms in total. The molecule has 6 heteroatoms. The first-order chi connectivity index (χ1) is 10.3. The topological polar surface area (TPSA) is 62.4 Å². The Morgan fingerprint density at radius 3 is 2.76 bits per heavy atom. The van der Waals surface area contributed by atoms with Gasteiger partial charge in [-0.25, -0.2) is 0 Å². The van der Waals surface area contributed by atoms with Crippen LogP contribution < -0.4 is 0 Å². The quantitative estimate of drug-likeness (QED) is 0.920. The summed E-state index contributed by atoms with van der Waals surface area (Å²) in [5.41, 5.74) is 0. The van der Waals surface area contributed by atoms with Crippen LogP contribution in [0.15, 0.2) is 16.7 Å². The van der Waals surface area contributed by atoms with Gasteiger partial charge in [-0.1, -0.05) is 18.0 Å². The number of hydrogen-bond donors (Lipinski definition) is 1. The molecule has 2 aromatic rings. The number of aliphatic hydroxyl groups excluding tert-OH is 1. The molecule has 3 heterocycles. The molecule has 0 aromatic carbocycles. The molecule has 0 aliphatic carbocycles. The number of rotatable bonds is 5. The predicted octanol–water partition coefficient (Wildman–Crippen LogP) is 2.71. The van der Waals surface area contributed by atoms with E-state index in [9.17, 15) is 0 Å². The molecule has 0 atom stereocenters. The second-order valence-electron chi connectivity index (χ2n) is 5.45. The molecule has 1 aliphatic rings. The number of aromatic nitrogens is 2. The number of nitrogens with zero attached hydrogens (tertiary/aromatic N) is 3. The molecule has 1 aliphatic heterocycles. The van der Waals surface area contributed by atoms with Gasteiger partial charge >= 0.3 is 0 Å². The minimum absolute atomic E-state index is 0.0453. The van der Waals surface area contributed by atoms with Gasteiger partial charge in [-0.2, -0.15) is 4.98 Å². The molecular weight excluding hydrogens is 286 g/mol. The normalized spacial score (nSPS) is 17.0. The van der Waals surface area contributed by atoms with Gasteiger partial charge < -0.3 is 9.63 Å². The maximum atomic E-state index is 8.88. The minimum atomic E-state index is 0.0453. The Hall–Kier alpha value is -1.24. The molecule has 0 saturated carbocycles. The maximum Gasteiger partial charge on any atom is 0.267 e. The highest BCUT2D eigenvalue weighted by Gasteiger charge is 2.14. The Morgan fingerprint density at radius 1 is 1.19 bits per heavy atom. The summed E-state index contributed by atoms with van der Waals surface area (Å²) in [7, 11) is 0. The van der Waals surface area contributed by atoms with Crippen molar-refractivity contribution in [1.82, 2.24) is 15.0 Å². The third-order valence-corrected chi connectivity index (χ3v) is 4.81. The summed E-state index contributed by atoms with van der Waals surface area (Å²) in [6, 6.07) is 4.20. The molecule has 0 amide bonds.